The van der Waals surface area contributed by atoms with Crippen molar-refractivity contribution < 1.29 is 18.4 Å². The monoisotopic (exact) mass is 438 g/mol. The zero-order chi connectivity index (χ0) is 22.7. The van der Waals surface area contributed by atoms with E-state index >= 15 is 0 Å². The average molecular weight is 438 g/mol. The summed E-state index contributed by atoms with van der Waals surface area (Å²) >= 11 is 0. The third-order valence-corrected chi connectivity index (χ3v) is 4.52. The van der Waals surface area contributed by atoms with Crippen molar-refractivity contribution in [2.24, 2.45) is 0 Å². The molecule has 0 aliphatic rings. The van der Waals surface area contributed by atoms with E-state index in [4.69, 9.17) is 0 Å². The Morgan fingerprint density at radius 2 is 1.78 bits per heavy atom. The Hall–Kier alpha value is -4.41. The maximum Gasteiger partial charge on any atom is 0.264 e. The highest BCUT2D eigenvalue weighted by Crippen LogP contribution is 2.13. The number of benzene rings is 2. The van der Waals surface area contributed by atoms with Crippen LogP contribution in [0.4, 0.5) is 14.5 Å². The van der Waals surface area contributed by atoms with Gasteiger partial charge in [0.1, 0.15) is 18.3 Å². The maximum atomic E-state index is 13.2. The molecule has 4 rings (SSSR count). The molecule has 0 radical (unpaired) electrons. The molecule has 0 aliphatic carbocycles. The molecule has 0 fully saturated rings. The van der Waals surface area contributed by atoms with Gasteiger partial charge >= 0.3 is 0 Å². The number of nitrogens with zero attached hydrogens (tertiary/aromatic N) is 4. The first-order chi connectivity index (χ1) is 15.4. The van der Waals surface area contributed by atoms with Crippen LogP contribution in [0.1, 0.15) is 0 Å². The average Bonchev–Trinajstić information content (AvgIpc) is 3.22. The number of hydrogen-bond acceptors (Lipinski definition) is 5. The second-order valence-electron chi connectivity index (χ2n) is 6.76. The van der Waals surface area contributed by atoms with E-state index in [-0.39, 0.29) is 17.6 Å². The van der Waals surface area contributed by atoms with Crippen molar-refractivity contribution >= 4 is 28.5 Å². The van der Waals surface area contributed by atoms with Crippen molar-refractivity contribution in [3.05, 3.63) is 83.0 Å². The number of aromatic nitrogens is 4. The van der Waals surface area contributed by atoms with E-state index in [9.17, 15) is 23.2 Å². The molecular formula is C21H16F2N6O3. The Kier molecular flexibility index (Phi) is 5.71. The van der Waals surface area contributed by atoms with Crippen molar-refractivity contribution in [1.82, 2.24) is 24.6 Å². The fraction of sp³-hybridized carbons (Fsp3) is 0.0952. The third-order valence-electron chi connectivity index (χ3n) is 4.52. The van der Waals surface area contributed by atoms with Crippen LogP contribution in [-0.2, 0) is 16.1 Å². The highest BCUT2D eigenvalue weighted by molar-refractivity contribution is 5.94. The lowest BCUT2D eigenvalue weighted by Crippen LogP contribution is -2.37. The summed E-state index contributed by atoms with van der Waals surface area (Å²) in [6.07, 6.45) is 2.61. The summed E-state index contributed by atoms with van der Waals surface area (Å²) < 4.78 is 28.7. The lowest BCUT2D eigenvalue weighted by Gasteiger charge is -2.09. The van der Waals surface area contributed by atoms with Crippen LogP contribution in [0.2, 0.25) is 0 Å². The van der Waals surface area contributed by atoms with Crippen molar-refractivity contribution in [3.8, 4) is 5.69 Å². The molecule has 4 aromatic rings. The van der Waals surface area contributed by atoms with E-state index in [0.717, 1.165) is 22.4 Å². The van der Waals surface area contributed by atoms with Gasteiger partial charge in [0.2, 0.25) is 11.8 Å². The van der Waals surface area contributed by atoms with Gasteiger partial charge in [-0.25, -0.2) is 18.4 Å². The Morgan fingerprint density at radius 3 is 2.53 bits per heavy atom. The fourth-order valence-corrected chi connectivity index (χ4v) is 2.99. The highest BCUT2D eigenvalue weighted by Gasteiger charge is 2.14. The SMILES string of the molecule is O=C(Cn1cnc2c(cnn2-c2ccccc2)c1=O)NCC(=O)Nc1ccc(F)c(F)c1. The Balaban J connectivity index is 1.40. The molecule has 0 unspecified atom stereocenters. The van der Waals surface area contributed by atoms with Gasteiger partial charge in [-0.3, -0.25) is 19.0 Å². The zero-order valence-corrected chi connectivity index (χ0v) is 16.5. The molecular weight excluding hydrogens is 422 g/mol. The number of amides is 2. The van der Waals surface area contributed by atoms with Crippen LogP contribution < -0.4 is 16.2 Å². The number of halogens is 2. The number of para-hydroxylation sites is 1. The van der Waals surface area contributed by atoms with Crippen molar-refractivity contribution in [3.63, 3.8) is 0 Å². The number of fused-ring (bicyclic) bond motifs is 1. The second-order valence-corrected chi connectivity index (χ2v) is 6.76. The molecule has 0 spiro atoms. The number of carbonyl (C=O) groups is 2. The largest absolute Gasteiger partial charge is 0.345 e. The van der Waals surface area contributed by atoms with Crippen LogP contribution in [-0.4, -0.2) is 37.7 Å². The van der Waals surface area contributed by atoms with Crippen LogP contribution in [0.25, 0.3) is 16.7 Å². The molecule has 2 amide bonds. The van der Waals surface area contributed by atoms with Crippen LogP contribution >= 0.6 is 0 Å². The molecule has 2 aromatic carbocycles. The van der Waals surface area contributed by atoms with E-state index in [1.807, 2.05) is 30.3 Å². The molecule has 2 aromatic heterocycles. The van der Waals surface area contributed by atoms with Crippen molar-refractivity contribution in [2.75, 3.05) is 11.9 Å². The first-order valence-electron chi connectivity index (χ1n) is 9.42. The van der Waals surface area contributed by atoms with Gasteiger partial charge in [0, 0.05) is 11.8 Å². The number of hydrogen-bond donors (Lipinski definition) is 2. The summed E-state index contributed by atoms with van der Waals surface area (Å²) in [5, 5.41) is 9.12. The first kappa shape index (κ1) is 20.8. The van der Waals surface area contributed by atoms with Crippen LogP contribution in [0.15, 0.2) is 65.8 Å². The number of nitrogens with one attached hydrogen (secondary N) is 2. The molecule has 162 valence electrons. The summed E-state index contributed by atoms with van der Waals surface area (Å²) in [5.74, 6) is -3.40. The smallest absolute Gasteiger partial charge is 0.264 e. The van der Waals surface area contributed by atoms with Crippen molar-refractivity contribution in [2.45, 2.75) is 6.54 Å². The van der Waals surface area contributed by atoms with Gasteiger partial charge < -0.3 is 10.6 Å². The molecule has 2 heterocycles. The van der Waals surface area contributed by atoms with Crippen LogP contribution in [0, 0.1) is 11.6 Å². The number of carbonyl (C=O) groups excluding carboxylic acids is 2. The summed E-state index contributed by atoms with van der Waals surface area (Å²) in [7, 11) is 0. The quantitative estimate of drug-likeness (QED) is 0.475. The molecule has 0 bridgehead atoms. The number of anilines is 1. The molecule has 0 saturated heterocycles. The minimum absolute atomic E-state index is 0.0458. The fourth-order valence-electron chi connectivity index (χ4n) is 2.99. The van der Waals surface area contributed by atoms with E-state index in [2.05, 4.69) is 20.7 Å². The third kappa shape index (κ3) is 4.36. The van der Waals surface area contributed by atoms with Gasteiger partial charge in [0.25, 0.3) is 5.56 Å². The van der Waals surface area contributed by atoms with Gasteiger partial charge in [0.05, 0.1) is 18.4 Å². The molecule has 0 atom stereocenters. The predicted octanol–water partition coefficient (Wildman–Crippen LogP) is 1.62. The number of rotatable bonds is 6. The molecule has 0 aliphatic heterocycles. The van der Waals surface area contributed by atoms with E-state index < -0.39 is 35.6 Å². The van der Waals surface area contributed by atoms with Gasteiger partial charge in [-0.2, -0.15) is 5.10 Å². The minimum atomic E-state index is -1.11. The van der Waals surface area contributed by atoms with E-state index in [0.29, 0.717) is 5.65 Å². The summed E-state index contributed by atoms with van der Waals surface area (Å²) in [5.41, 5.74) is 0.670. The van der Waals surface area contributed by atoms with E-state index in [1.54, 1.807) is 0 Å². The molecule has 32 heavy (non-hydrogen) atoms. The predicted molar refractivity (Wildman–Crippen MR) is 111 cm³/mol. The summed E-state index contributed by atoms with van der Waals surface area (Å²) in [4.78, 5) is 41.0. The van der Waals surface area contributed by atoms with Gasteiger partial charge in [-0.1, -0.05) is 18.2 Å². The topological polar surface area (TPSA) is 111 Å². The van der Waals surface area contributed by atoms with E-state index in [1.165, 1.54) is 23.3 Å². The molecule has 2 N–H and O–H groups in total. The molecule has 9 nitrogen and oxygen atoms in total. The second kappa shape index (κ2) is 8.76. The Bertz CT molecular complexity index is 1370. The van der Waals surface area contributed by atoms with Crippen LogP contribution in [0.5, 0.6) is 0 Å². The molecule has 0 saturated carbocycles. The van der Waals surface area contributed by atoms with Crippen molar-refractivity contribution in [1.29, 1.82) is 0 Å². The Labute approximate surface area is 179 Å². The lowest BCUT2D eigenvalue weighted by atomic mass is 10.3. The van der Waals surface area contributed by atoms with Gasteiger partial charge in [-0.05, 0) is 24.3 Å². The summed E-state index contributed by atoms with van der Waals surface area (Å²) in [6.45, 7) is -0.787. The zero-order valence-electron chi connectivity index (χ0n) is 16.5. The maximum absolute atomic E-state index is 13.2. The van der Waals surface area contributed by atoms with Gasteiger partial charge in [-0.15, -0.1) is 0 Å². The highest BCUT2D eigenvalue weighted by atomic mass is 19.2. The van der Waals surface area contributed by atoms with Crippen LogP contribution in [0.3, 0.4) is 0 Å². The lowest BCUT2D eigenvalue weighted by molar-refractivity contribution is -0.124. The Morgan fingerprint density at radius 1 is 1.00 bits per heavy atom. The normalized spacial score (nSPS) is 10.8. The molecule has 11 heteroatoms. The summed E-state index contributed by atoms with van der Waals surface area (Å²) in [6, 6.07) is 12.0. The minimum Gasteiger partial charge on any atom is -0.345 e. The standard InChI is InChI=1S/C21H16F2N6O3/c22-16-7-6-13(8-17(16)23)27-18(30)10-24-19(31)11-28-12-25-20-15(21(28)32)9-26-29(20)14-4-2-1-3-5-14/h1-9,12H,10-11H2,(H,24,31)(H,27,30). The first-order valence-corrected chi connectivity index (χ1v) is 9.42. The van der Waals surface area contributed by atoms with Gasteiger partial charge in [0.15, 0.2) is 17.3 Å².